The van der Waals surface area contributed by atoms with Crippen molar-refractivity contribution >= 4 is 5.96 Å². The molecule has 0 aromatic carbocycles. The molecule has 90 valence electrons. The summed E-state index contributed by atoms with van der Waals surface area (Å²) in [6.45, 7) is 11.8. The fraction of sp³-hybridized carbons (Fsp3) is 0.917. The molecule has 0 aromatic heterocycles. The molecule has 3 nitrogen and oxygen atoms in total. The van der Waals surface area contributed by atoms with Crippen LogP contribution in [0.5, 0.6) is 0 Å². The molecule has 0 aliphatic heterocycles. The minimum Gasteiger partial charge on any atom is -0.354 e. The highest BCUT2D eigenvalue weighted by molar-refractivity contribution is 5.80. The summed E-state index contributed by atoms with van der Waals surface area (Å²) < 4.78 is 0. The highest BCUT2D eigenvalue weighted by atomic mass is 15.3. The maximum atomic E-state index is 4.60. The van der Waals surface area contributed by atoms with Crippen molar-refractivity contribution in [3.63, 3.8) is 0 Å². The number of unbranched alkanes of at least 4 members (excludes halogenated alkanes) is 1. The van der Waals surface area contributed by atoms with Crippen molar-refractivity contribution in [1.29, 1.82) is 0 Å². The third-order valence-corrected chi connectivity index (χ3v) is 2.01. The number of hydrogen-bond acceptors (Lipinski definition) is 1. The van der Waals surface area contributed by atoms with Gasteiger partial charge in [0.15, 0.2) is 5.96 Å². The van der Waals surface area contributed by atoms with Gasteiger partial charge in [0.2, 0.25) is 0 Å². The molecule has 15 heavy (non-hydrogen) atoms. The molecule has 0 rings (SSSR count). The Labute approximate surface area is 95.0 Å². The Morgan fingerprint density at radius 2 is 1.87 bits per heavy atom. The third kappa shape index (κ3) is 7.23. The summed E-state index contributed by atoms with van der Waals surface area (Å²) in [5.41, 5.74) is 0. The van der Waals surface area contributed by atoms with E-state index in [4.69, 9.17) is 0 Å². The van der Waals surface area contributed by atoms with Gasteiger partial charge < -0.3 is 10.2 Å². The van der Waals surface area contributed by atoms with Gasteiger partial charge in [-0.3, -0.25) is 4.99 Å². The Morgan fingerprint density at radius 3 is 2.27 bits per heavy atom. The number of hydrogen-bond donors (Lipinski definition) is 1. The number of nitrogens with one attached hydrogen (secondary N) is 1. The molecule has 0 heterocycles. The fourth-order valence-corrected chi connectivity index (χ4v) is 1.25. The van der Waals surface area contributed by atoms with Gasteiger partial charge in [0, 0.05) is 25.7 Å². The summed E-state index contributed by atoms with van der Waals surface area (Å²) >= 11 is 0. The summed E-state index contributed by atoms with van der Waals surface area (Å²) in [4.78, 5) is 6.81. The maximum Gasteiger partial charge on any atom is 0.194 e. The smallest absolute Gasteiger partial charge is 0.194 e. The first-order valence-corrected chi connectivity index (χ1v) is 6.02. The third-order valence-electron chi connectivity index (χ3n) is 2.01. The average Bonchev–Trinajstić information content (AvgIpc) is 2.11. The monoisotopic (exact) mass is 213 g/mol. The number of aliphatic imine (C=N–C) groups is 1. The average molecular weight is 213 g/mol. The van der Waals surface area contributed by atoms with Gasteiger partial charge in [-0.1, -0.05) is 13.3 Å². The molecule has 0 atom stereocenters. The molecule has 0 aliphatic carbocycles. The number of nitrogens with zero attached hydrogens (tertiary/aromatic N) is 2. The van der Waals surface area contributed by atoms with Gasteiger partial charge >= 0.3 is 0 Å². The van der Waals surface area contributed by atoms with Crippen molar-refractivity contribution in [2.24, 2.45) is 4.99 Å². The minimum atomic E-state index is 0.343. The van der Waals surface area contributed by atoms with Crippen LogP contribution in [0.15, 0.2) is 4.99 Å². The fourth-order valence-electron chi connectivity index (χ4n) is 1.25. The highest BCUT2D eigenvalue weighted by Crippen LogP contribution is 1.96. The number of guanidine groups is 1. The molecule has 3 heteroatoms. The first-order chi connectivity index (χ1) is 6.97. The molecule has 1 N–H and O–H groups in total. The van der Waals surface area contributed by atoms with Crippen LogP contribution in [0.25, 0.3) is 0 Å². The molecule has 0 aliphatic rings. The summed E-state index contributed by atoms with van der Waals surface area (Å²) in [5.74, 6) is 1.02. The molecule has 0 saturated heterocycles. The Balaban J connectivity index is 4.34. The summed E-state index contributed by atoms with van der Waals surface area (Å²) in [7, 11) is 2.10. The molecule has 0 fully saturated rings. The van der Waals surface area contributed by atoms with E-state index < -0.39 is 0 Å². The van der Waals surface area contributed by atoms with Crippen molar-refractivity contribution in [3.05, 3.63) is 0 Å². The molecule has 0 unspecified atom stereocenters. The molecule has 0 radical (unpaired) electrons. The zero-order valence-electron chi connectivity index (χ0n) is 11.2. The van der Waals surface area contributed by atoms with Crippen LogP contribution in [0.3, 0.4) is 0 Å². The van der Waals surface area contributed by atoms with Crippen LogP contribution in [0.1, 0.15) is 47.5 Å². The van der Waals surface area contributed by atoms with Crippen LogP contribution in [0.2, 0.25) is 0 Å². The molecule has 0 bridgehead atoms. The predicted molar refractivity (Wildman–Crippen MR) is 68.4 cm³/mol. The number of rotatable bonds is 5. The van der Waals surface area contributed by atoms with E-state index in [9.17, 15) is 0 Å². The lowest BCUT2D eigenvalue weighted by atomic mass is 10.3. The van der Waals surface area contributed by atoms with E-state index in [0.29, 0.717) is 12.1 Å². The highest BCUT2D eigenvalue weighted by Gasteiger charge is 2.07. The lowest BCUT2D eigenvalue weighted by molar-refractivity contribution is 0.454. The van der Waals surface area contributed by atoms with E-state index in [1.54, 1.807) is 0 Å². The lowest BCUT2D eigenvalue weighted by Gasteiger charge is -2.24. The standard InChI is InChI=1S/C12H27N3/c1-7-8-9-15(6)12(13-10(2)3)14-11(4)5/h10-11H,7-9H2,1-6H3,(H,13,14). The molecule has 0 saturated carbocycles. The van der Waals surface area contributed by atoms with Gasteiger partial charge in [0.25, 0.3) is 0 Å². The zero-order valence-corrected chi connectivity index (χ0v) is 11.2. The van der Waals surface area contributed by atoms with Crippen LogP contribution >= 0.6 is 0 Å². The van der Waals surface area contributed by atoms with Crippen molar-refractivity contribution in [1.82, 2.24) is 10.2 Å². The van der Waals surface area contributed by atoms with Gasteiger partial charge in [0.05, 0.1) is 0 Å². The van der Waals surface area contributed by atoms with Crippen LogP contribution in [0.4, 0.5) is 0 Å². The van der Waals surface area contributed by atoms with Crippen LogP contribution in [0, 0.1) is 0 Å². The normalized spacial score (nSPS) is 12.4. The van der Waals surface area contributed by atoms with E-state index in [1.807, 2.05) is 0 Å². The van der Waals surface area contributed by atoms with Gasteiger partial charge in [0.1, 0.15) is 0 Å². The van der Waals surface area contributed by atoms with E-state index in [1.165, 1.54) is 12.8 Å². The van der Waals surface area contributed by atoms with Gasteiger partial charge in [-0.2, -0.15) is 0 Å². The Morgan fingerprint density at radius 1 is 1.27 bits per heavy atom. The van der Waals surface area contributed by atoms with Crippen LogP contribution in [-0.4, -0.2) is 36.5 Å². The van der Waals surface area contributed by atoms with E-state index in [2.05, 4.69) is 56.9 Å². The Kier molecular flexibility index (Phi) is 7.18. The molecule has 0 spiro atoms. The SMILES string of the molecule is CCCCN(C)/C(=N/C(C)C)NC(C)C. The second kappa shape index (κ2) is 7.55. The van der Waals surface area contributed by atoms with E-state index >= 15 is 0 Å². The molecule has 0 aromatic rings. The lowest BCUT2D eigenvalue weighted by Crippen LogP contribution is -2.43. The van der Waals surface area contributed by atoms with Crippen LogP contribution in [-0.2, 0) is 0 Å². The molecule has 0 amide bonds. The van der Waals surface area contributed by atoms with Crippen molar-refractivity contribution < 1.29 is 0 Å². The molecular formula is C12H27N3. The zero-order chi connectivity index (χ0) is 11.8. The largest absolute Gasteiger partial charge is 0.354 e. The second-order valence-corrected chi connectivity index (χ2v) is 4.62. The second-order valence-electron chi connectivity index (χ2n) is 4.62. The summed E-state index contributed by atoms with van der Waals surface area (Å²) in [6.07, 6.45) is 2.44. The minimum absolute atomic E-state index is 0.343. The summed E-state index contributed by atoms with van der Waals surface area (Å²) in [5, 5.41) is 3.40. The summed E-state index contributed by atoms with van der Waals surface area (Å²) in [6, 6.07) is 0.780. The van der Waals surface area contributed by atoms with Crippen molar-refractivity contribution in [3.8, 4) is 0 Å². The van der Waals surface area contributed by atoms with Gasteiger partial charge in [-0.15, -0.1) is 0 Å². The quantitative estimate of drug-likeness (QED) is 0.561. The maximum absolute atomic E-state index is 4.60. The first kappa shape index (κ1) is 14.3. The molecular weight excluding hydrogens is 186 g/mol. The van der Waals surface area contributed by atoms with Crippen molar-refractivity contribution in [2.45, 2.75) is 59.5 Å². The van der Waals surface area contributed by atoms with E-state index in [-0.39, 0.29) is 0 Å². The topological polar surface area (TPSA) is 27.6 Å². The van der Waals surface area contributed by atoms with Crippen molar-refractivity contribution in [2.75, 3.05) is 13.6 Å². The van der Waals surface area contributed by atoms with E-state index in [0.717, 1.165) is 12.5 Å². The first-order valence-electron chi connectivity index (χ1n) is 6.02. The van der Waals surface area contributed by atoms with Gasteiger partial charge in [-0.25, -0.2) is 0 Å². The van der Waals surface area contributed by atoms with Gasteiger partial charge in [-0.05, 0) is 34.1 Å². The van der Waals surface area contributed by atoms with Crippen LogP contribution < -0.4 is 5.32 Å². The Bertz CT molecular complexity index is 185. The predicted octanol–water partition coefficient (Wildman–Crippen LogP) is 2.48. The Hall–Kier alpha value is -0.730.